The first-order valence-electron chi connectivity index (χ1n) is 9.66. The van der Waals surface area contributed by atoms with E-state index in [9.17, 15) is 14.9 Å². The van der Waals surface area contributed by atoms with Crippen molar-refractivity contribution in [2.75, 3.05) is 0 Å². The fourth-order valence-electron chi connectivity index (χ4n) is 2.85. The highest BCUT2D eigenvalue weighted by atomic mass is 35.5. The van der Waals surface area contributed by atoms with Crippen LogP contribution in [0.2, 0.25) is 6.04 Å². The quantitative estimate of drug-likeness (QED) is 0.0913. The SMILES string of the molecule is O=C(CCCCCCCCCC[SiH2]C(Cl)Cl)OCc1ccccc1[N+](=O)[O-]. The second-order valence-electron chi connectivity index (χ2n) is 6.66. The Bertz CT molecular complexity index is 572. The lowest BCUT2D eigenvalue weighted by molar-refractivity contribution is -0.385. The molecule has 0 bridgehead atoms. The summed E-state index contributed by atoms with van der Waals surface area (Å²) in [5, 5.41) is 10.9. The van der Waals surface area contributed by atoms with Crippen molar-refractivity contribution in [2.24, 2.45) is 0 Å². The highest BCUT2D eigenvalue weighted by molar-refractivity contribution is 6.68. The number of nitrogens with zero attached hydrogens (tertiary/aromatic N) is 1. The van der Waals surface area contributed by atoms with Crippen LogP contribution in [0.25, 0.3) is 0 Å². The predicted molar refractivity (Wildman–Crippen MR) is 113 cm³/mol. The zero-order chi connectivity index (χ0) is 19.9. The summed E-state index contributed by atoms with van der Waals surface area (Å²) in [4.78, 5) is 22.2. The van der Waals surface area contributed by atoms with Crippen molar-refractivity contribution in [3.05, 3.63) is 39.9 Å². The Morgan fingerprint density at radius 2 is 1.63 bits per heavy atom. The maximum Gasteiger partial charge on any atom is 0.306 e. The van der Waals surface area contributed by atoms with Gasteiger partial charge in [0.05, 0.1) is 24.5 Å². The molecule has 0 amide bonds. The van der Waals surface area contributed by atoms with Crippen LogP contribution in [0.5, 0.6) is 0 Å². The van der Waals surface area contributed by atoms with E-state index in [2.05, 4.69) is 0 Å². The molecule has 0 N–H and O–H groups in total. The predicted octanol–water partition coefficient (Wildman–Crippen LogP) is 5.50. The molecule has 0 aliphatic rings. The third-order valence-electron chi connectivity index (χ3n) is 4.38. The molecule has 0 atom stereocenters. The molecule has 0 heterocycles. The first-order valence-corrected chi connectivity index (χ1v) is 12.4. The van der Waals surface area contributed by atoms with Gasteiger partial charge in [0.2, 0.25) is 0 Å². The third kappa shape index (κ3) is 12.1. The number of ether oxygens (including phenoxy) is 1. The lowest BCUT2D eigenvalue weighted by Gasteiger charge is -2.06. The normalized spacial score (nSPS) is 11.4. The molecule has 152 valence electrons. The number of carbonyl (C=O) groups is 1. The standard InChI is InChI=1S/C19H29Cl2NO4Si/c20-19(21)27-14-10-6-4-2-1-3-5-7-13-18(23)26-15-16-11-8-9-12-17(16)22(24)25/h8-9,11-12,19H,1-7,10,13-15,27H2. The fourth-order valence-corrected chi connectivity index (χ4v) is 4.72. The zero-order valence-corrected chi connectivity index (χ0v) is 18.6. The summed E-state index contributed by atoms with van der Waals surface area (Å²) in [6, 6.07) is 7.55. The summed E-state index contributed by atoms with van der Waals surface area (Å²) in [6.07, 6.45) is 9.47. The Morgan fingerprint density at radius 1 is 1.04 bits per heavy atom. The van der Waals surface area contributed by atoms with Crippen molar-refractivity contribution in [1.29, 1.82) is 0 Å². The van der Waals surface area contributed by atoms with Gasteiger partial charge in [-0.3, -0.25) is 14.9 Å². The van der Waals surface area contributed by atoms with E-state index in [4.69, 9.17) is 27.9 Å². The van der Waals surface area contributed by atoms with Gasteiger partial charge in [0.25, 0.3) is 5.69 Å². The van der Waals surface area contributed by atoms with E-state index in [1.165, 1.54) is 44.2 Å². The van der Waals surface area contributed by atoms with Crippen LogP contribution in [-0.4, -0.2) is 24.9 Å². The van der Waals surface area contributed by atoms with E-state index in [1.807, 2.05) is 0 Å². The topological polar surface area (TPSA) is 69.4 Å². The van der Waals surface area contributed by atoms with E-state index >= 15 is 0 Å². The molecule has 27 heavy (non-hydrogen) atoms. The van der Waals surface area contributed by atoms with Crippen molar-refractivity contribution in [3.63, 3.8) is 0 Å². The second kappa shape index (κ2) is 14.9. The molecule has 1 aromatic carbocycles. The van der Waals surface area contributed by atoms with Crippen LogP contribution in [0, 0.1) is 10.1 Å². The average Bonchev–Trinajstić information content (AvgIpc) is 2.64. The van der Waals surface area contributed by atoms with Gasteiger partial charge in [-0.05, 0) is 12.5 Å². The van der Waals surface area contributed by atoms with E-state index in [1.54, 1.807) is 18.2 Å². The van der Waals surface area contributed by atoms with Gasteiger partial charge in [-0.1, -0.05) is 63.1 Å². The molecule has 1 aromatic rings. The molecule has 0 fully saturated rings. The van der Waals surface area contributed by atoms with Crippen LogP contribution >= 0.6 is 23.2 Å². The summed E-state index contributed by atoms with van der Waals surface area (Å²) in [6.45, 7) is -0.0486. The molecule has 0 saturated heterocycles. The third-order valence-corrected chi connectivity index (χ3v) is 7.03. The Morgan fingerprint density at radius 3 is 2.26 bits per heavy atom. The molecular weight excluding hydrogens is 405 g/mol. The fraction of sp³-hybridized carbons (Fsp3) is 0.632. The number of nitro groups is 1. The Kier molecular flexibility index (Phi) is 13.2. The number of hydrogen-bond donors (Lipinski definition) is 0. The lowest BCUT2D eigenvalue weighted by Crippen LogP contribution is -2.06. The number of alkyl halides is 2. The van der Waals surface area contributed by atoms with Gasteiger partial charge in [-0.2, -0.15) is 0 Å². The van der Waals surface area contributed by atoms with Crippen molar-refractivity contribution < 1.29 is 14.5 Å². The van der Waals surface area contributed by atoms with E-state index in [0.29, 0.717) is 12.0 Å². The number of rotatable bonds is 15. The minimum atomic E-state index is -0.461. The molecule has 0 aliphatic carbocycles. The summed E-state index contributed by atoms with van der Waals surface area (Å²) in [7, 11) is -0.287. The molecule has 0 saturated carbocycles. The summed E-state index contributed by atoms with van der Waals surface area (Å²) < 4.78 is 5.06. The lowest BCUT2D eigenvalue weighted by atomic mass is 10.1. The molecular formula is C19H29Cl2NO4Si. The van der Waals surface area contributed by atoms with Gasteiger partial charge in [0.1, 0.15) is 6.61 Å². The zero-order valence-electron chi connectivity index (χ0n) is 15.7. The Balaban J connectivity index is 2.00. The highest BCUT2D eigenvalue weighted by Gasteiger charge is 2.13. The molecule has 1 rings (SSSR count). The number of nitro benzene ring substituents is 1. The molecule has 0 aromatic heterocycles. The van der Waals surface area contributed by atoms with Gasteiger partial charge in [0, 0.05) is 12.5 Å². The van der Waals surface area contributed by atoms with Crippen molar-refractivity contribution >= 4 is 44.4 Å². The largest absolute Gasteiger partial charge is 0.461 e. The van der Waals surface area contributed by atoms with Crippen molar-refractivity contribution in [3.8, 4) is 0 Å². The minimum Gasteiger partial charge on any atom is -0.461 e. The molecule has 8 heteroatoms. The van der Waals surface area contributed by atoms with Gasteiger partial charge >= 0.3 is 5.97 Å². The molecule has 0 aliphatic heterocycles. The summed E-state index contributed by atoms with van der Waals surface area (Å²) in [5.74, 6) is -0.297. The summed E-state index contributed by atoms with van der Waals surface area (Å²) >= 11 is 11.5. The van der Waals surface area contributed by atoms with E-state index in [0.717, 1.165) is 19.3 Å². The van der Waals surface area contributed by atoms with Gasteiger partial charge in [-0.25, -0.2) is 0 Å². The number of para-hydroxylation sites is 1. The summed E-state index contributed by atoms with van der Waals surface area (Å²) in [5.41, 5.74) is 0.406. The number of hydrogen-bond acceptors (Lipinski definition) is 4. The van der Waals surface area contributed by atoms with Crippen LogP contribution < -0.4 is 0 Å². The smallest absolute Gasteiger partial charge is 0.306 e. The molecule has 0 radical (unpaired) electrons. The van der Waals surface area contributed by atoms with Gasteiger partial charge < -0.3 is 4.74 Å². The van der Waals surface area contributed by atoms with Gasteiger partial charge in [0.15, 0.2) is 0 Å². The van der Waals surface area contributed by atoms with Crippen LogP contribution in [-0.2, 0) is 16.1 Å². The maximum atomic E-state index is 11.8. The van der Waals surface area contributed by atoms with E-state index < -0.39 is 4.92 Å². The number of benzene rings is 1. The van der Waals surface area contributed by atoms with Crippen molar-refractivity contribution in [1.82, 2.24) is 0 Å². The van der Waals surface area contributed by atoms with Crippen LogP contribution in [0.15, 0.2) is 24.3 Å². The first-order chi connectivity index (χ1) is 13.0. The Hall–Kier alpha value is -1.11. The van der Waals surface area contributed by atoms with Crippen LogP contribution in [0.3, 0.4) is 0 Å². The van der Waals surface area contributed by atoms with Crippen LogP contribution in [0.1, 0.15) is 63.4 Å². The highest BCUT2D eigenvalue weighted by Crippen LogP contribution is 2.19. The molecule has 0 unspecified atom stereocenters. The first kappa shape index (κ1) is 23.9. The number of esters is 1. The number of unbranched alkanes of at least 4 members (excludes halogenated alkanes) is 7. The molecule has 0 spiro atoms. The monoisotopic (exact) mass is 433 g/mol. The van der Waals surface area contributed by atoms with Crippen molar-refractivity contribution in [2.45, 2.75) is 74.9 Å². The van der Waals surface area contributed by atoms with Crippen LogP contribution in [0.4, 0.5) is 5.69 Å². The maximum absolute atomic E-state index is 11.8. The molecule has 5 nitrogen and oxygen atoms in total. The second-order valence-corrected chi connectivity index (χ2v) is 11.1. The number of carbonyl (C=O) groups excluding carboxylic acids is 1. The van der Waals surface area contributed by atoms with E-state index in [-0.39, 0.29) is 32.2 Å². The average molecular weight is 434 g/mol. The van der Waals surface area contributed by atoms with Gasteiger partial charge in [-0.15, -0.1) is 23.2 Å². The minimum absolute atomic E-state index is 0.0159. The Labute approximate surface area is 173 Å². The number of halogens is 2.